The van der Waals surface area contributed by atoms with E-state index in [1.807, 2.05) is 0 Å². The smallest absolute Gasteiger partial charge is 0.129 e. The fourth-order valence-electron chi connectivity index (χ4n) is 2.26. The van der Waals surface area contributed by atoms with Gasteiger partial charge in [0.1, 0.15) is 11.6 Å². The molecule has 0 amide bonds. The summed E-state index contributed by atoms with van der Waals surface area (Å²) in [6.45, 7) is 8.34. The second kappa shape index (κ2) is 8.26. The van der Waals surface area contributed by atoms with Crippen LogP contribution >= 0.6 is 0 Å². The summed E-state index contributed by atoms with van der Waals surface area (Å²) in [7, 11) is 0. The molecular weight excluding hydrogens is 244 g/mol. The first kappa shape index (κ1) is 16.1. The predicted octanol–water partition coefficient (Wildman–Crippen LogP) is 4.17. The third kappa shape index (κ3) is 6.15. The van der Waals surface area contributed by atoms with Gasteiger partial charge in [-0.2, -0.15) is 0 Å². The molecule has 1 atom stereocenters. The van der Waals surface area contributed by atoms with Crippen molar-refractivity contribution in [3.8, 4) is 0 Å². The molecule has 1 unspecified atom stereocenters. The van der Waals surface area contributed by atoms with Crippen LogP contribution in [0.3, 0.4) is 0 Å². The van der Waals surface area contributed by atoms with E-state index in [1.54, 1.807) is 6.07 Å². The lowest BCUT2D eigenvalue weighted by Gasteiger charge is -2.18. The van der Waals surface area contributed by atoms with Crippen LogP contribution in [0.5, 0.6) is 0 Å². The number of hydrogen-bond acceptors (Lipinski definition) is 1. The summed E-state index contributed by atoms with van der Waals surface area (Å²) in [5.74, 6) is 0.0877. The third-order valence-corrected chi connectivity index (χ3v) is 3.21. The minimum atomic E-state index is -0.508. The molecule has 0 fully saturated rings. The van der Waals surface area contributed by atoms with Crippen LogP contribution in [0, 0.1) is 23.5 Å². The van der Waals surface area contributed by atoms with E-state index >= 15 is 0 Å². The normalized spacial score (nSPS) is 12.9. The Morgan fingerprint density at radius 1 is 1.16 bits per heavy atom. The molecule has 0 bridgehead atoms. The van der Waals surface area contributed by atoms with E-state index in [4.69, 9.17) is 0 Å². The molecule has 0 spiro atoms. The van der Waals surface area contributed by atoms with Crippen molar-refractivity contribution in [3.63, 3.8) is 0 Å². The molecule has 1 aromatic rings. The molecule has 0 radical (unpaired) electrons. The van der Waals surface area contributed by atoms with Crippen molar-refractivity contribution in [2.24, 2.45) is 11.8 Å². The van der Waals surface area contributed by atoms with Crippen LogP contribution in [0.2, 0.25) is 0 Å². The predicted molar refractivity (Wildman–Crippen MR) is 76.2 cm³/mol. The lowest BCUT2D eigenvalue weighted by molar-refractivity contribution is 0.415. The maximum Gasteiger partial charge on any atom is 0.129 e. The molecule has 19 heavy (non-hydrogen) atoms. The Morgan fingerprint density at radius 3 is 2.47 bits per heavy atom. The van der Waals surface area contributed by atoms with Gasteiger partial charge in [-0.15, -0.1) is 0 Å². The zero-order chi connectivity index (χ0) is 14.3. The molecule has 0 aliphatic carbocycles. The highest BCUT2D eigenvalue weighted by Crippen LogP contribution is 2.17. The van der Waals surface area contributed by atoms with Crippen molar-refractivity contribution in [3.05, 3.63) is 35.4 Å². The fraction of sp³-hybridized carbons (Fsp3) is 0.625. The van der Waals surface area contributed by atoms with Gasteiger partial charge < -0.3 is 5.32 Å². The van der Waals surface area contributed by atoms with Gasteiger partial charge in [-0.05, 0) is 49.4 Å². The number of hydrogen-bond donors (Lipinski definition) is 1. The van der Waals surface area contributed by atoms with E-state index in [0.29, 0.717) is 23.8 Å². The summed E-state index contributed by atoms with van der Waals surface area (Å²) >= 11 is 0. The van der Waals surface area contributed by atoms with E-state index in [-0.39, 0.29) is 0 Å². The quantitative estimate of drug-likeness (QED) is 0.747. The molecule has 1 N–H and O–H groups in total. The van der Waals surface area contributed by atoms with Gasteiger partial charge in [0.2, 0.25) is 0 Å². The summed E-state index contributed by atoms with van der Waals surface area (Å²) in [4.78, 5) is 0. The van der Waals surface area contributed by atoms with Gasteiger partial charge in [0.25, 0.3) is 0 Å². The molecule has 3 heteroatoms. The van der Waals surface area contributed by atoms with Crippen LogP contribution in [0.1, 0.15) is 39.2 Å². The Balaban J connectivity index is 2.56. The van der Waals surface area contributed by atoms with Crippen molar-refractivity contribution in [2.45, 2.75) is 40.0 Å². The van der Waals surface area contributed by atoms with E-state index in [1.165, 1.54) is 6.07 Å². The highest BCUT2D eigenvalue weighted by Gasteiger charge is 2.12. The molecule has 0 saturated heterocycles. The van der Waals surface area contributed by atoms with Crippen molar-refractivity contribution in [2.75, 3.05) is 13.1 Å². The summed E-state index contributed by atoms with van der Waals surface area (Å²) in [6.07, 6.45) is 2.81. The highest BCUT2D eigenvalue weighted by atomic mass is 19.1. The Morgan fingerprint density at radius 2 is 1.89 bits per heavy atom. The maximum atomic E-state index is 13.6. The zero-order valence-corrected chi connectivity index (χ0v) is 12.2. The topological polar surface area (TPSA) is 12.0 Å². The Hall–Kier alpha value is -0.960. The molecule has 0 aliphatic heterocycles. The van der Waals surface area contributed by atoms with Crippen molar-refractivity contribution in [1.82, 2.24) is 5.32 Å². The summed E-state index contributed by atoms with van der Waals surface area (Å²) in [5.41, 5.74) is 0.617. The molecule has 0 saturated carbocycles. The fourth-order valence-corrected chi connectivity index (χ4v) is 2.26. The largest absolute Gasteiger partial charge is 0.316 e. The molecule has 1 aromatic carbocycles. The molecule has 1 nitrogen and oxygen atoms in total. The van der Waals surface area contributed by atoms with Crippen LogP contribution in [-0.4, -0.2) is 13.1 Å². The minimum absolute atomic E-state index is 0.406. The van der Waals surface area contributed by atoms with Gasteiger partial charge in [0.05, 0.1) is 0 Å². The van der Waals surface area contributed by atoms with Crippen molar-refractivity contribution in [1.29, 1.82) is 0 Å². The summed E-state index contributed by atoms with van der Waals surface area (Å²) in [5, 5.41) is 3.42. The van der Waals surface area contributed by atoms with Crippen LogP contribution in [0.15, 0.2) is 18.2 Å². The lowest BCUT2D eigenvalue weighted by Crippen LogP contribution is -2.27. The molecule has 108 valence electrons. The Labute approximate surface area is 115 Å². The standard InChI is InChI=1S/C16H25F2N/c1-4-5-13(11-19-10-12(2)3)8-14-6-7-15(17)9-16(14)18/h6-7,9,12-13,19H,4-5,8,10-11H2,1-3H3. The lowest BCUT2D eigenvalue weighted by atomic mass is 9.94. The van der Waals surface area contributed by atoms with Crippen molar-refractivity contribution >= 4 is 0 Å². The second-order valence-corrected chi connectivity index (χ2v) is 5.65. The van der Waals surface area contributed by atoms with E-state index in [9.17, 15) is 8.78 Å². The number of rotatable bonds is 8. The van der Waals surface area contributed by atoms with E-state index in [2.05, 4.69) is 26.1 Å². The number of nitrogens with one attached hydrogen (secondary N) is 1. The van der Waals surface area contributed by atoms with Gasteiger partial charge in [-0.25, -0.2) is 8.78 Å². The van der Waals surface area contributed by atoms with Crippen LogP contribution < -0.4 is 5.32 Å². The third-order valence-electron chi connectivity index (χ3n) is 3.21. The van der Waals surface area contributed by atoms with Crippen LogP contribution in [0.25, 0.3) is 0 Å². The van der Waals surface area contributed by atoms with E-state index < -0.39 is 11.6 Å². The van der Waals surface area contributed by atoms with Crippen molar-refractivity contribution < 1.29 is 8.78 Å². The Bertz CT molecular complexity index is 377. The van der Waals surface area contributed by atoms with Gasteiger partial charge in [-0.3, -0.25) is 0 Å². The van der Waals surface area contributed by atoms with E-state index in [0.717, 1.165) is 32.0 Å². The highest BCUT2D eigenvalue weighted by molar-refractivity contribution is 5.19. The molecule has 0 heterocycles. The number of halogens is 2. The van der Waals surface area contributed by atoms with Crippen LogP contribution in [-0.2, 0) is 6.42 Å². The first-order valence-electron chi connectivity index (χ1n) is 7.17. The average molecular weight is 269 g/mol. The van der Waals surface area contributed by atoms with Gasteiger partial charge in [-0.1, -0.05) is 33.3 Å². The summed E-state index contributed by atoms with van der Waals surface area (Å²) in [6, 6.07) is 3.87. The van der Waals surface area contributed by atoms with Gasteiger partial charge >= 0.3 is 0 Å². The van der Waals surface area contributed by atoms with Gasteiger partial charge in [0.15, 0.2) is 0 Å². The SMILES string of the molecule is CCCC(CNCC(C)C)Cc1ccc(F)cc1F. The van der Waals surface area contributed by atoms with Gasteiger partial charge in [0, 0.05) is 6.07 Å². The molecule has 1 rings (SSSR count). The maximum absolute atomic E-state index is 13.6. The molecule has 0 aliphatic rings. The average Bonchev–Trinajstić information content (AvgIpc) is 2.32. The monoisotopic (exact) mass is 269 g/mol. The first-order chi connectivity index (χ1) is 9.02. The second-order valence-electron chi connectivity index (χ2n) is 5.65. The Kier molecular flexibility index (Phi) is 7.00. The zero-order valence-electron chi connectivity index (χ0n) is 12.2. The van der Waals surface area contributed by atoms with Crippen LogP contribution in [0.4, 0.5) is 8.78 Å². The number of benzene rings is 1. The first-order valence-corrected chi connectivity index (χ1v) is 7.17. The molecule has 0 aromatic heterocycles. The summed E-state index contributed by atoms with van der Waals surface area (Å²) < 4.78 is 26.5. The molecular formula is C16H25F2N. The minimum Gasteiger partial charge on any atom is -0.316 e.